The number of fused-ring (bicyclic) bond motifs is 1. The van der Waals surface area contributed by atoms with Crippen molar-refractivity contribution in [2.45, 2.75) is 38.1 Å². The molecule has 0 radical (unpaired) electrons. The molecule has 0 bridgehead atoms. The molecule has 21 heavy (non-hydrogen) atoms. The number of aliphatic hydroxyl groups excluding tert-OH is 1. The van der Waals surface area contributed by atoms with E-state index in [0.717, 1.165) is 25.7 Å². The van der Waals surface area contributed by atoms with Crippen LogP contribution in [-0.2, 0) is 0 Å². The molecule has 0 spiro atoms. The number of nitro groups is 1. The first-order valence-corrected chi connectivity index (χ1v) is 7.91. The first-order valence-electron chi connectivity index (χ1n) is 7.04. The highest BCUT2D eigenvalue weighted by molar-refractivity contribution is 7.15. The molecule has 1 saturated carbocycles. The Bertz CT molecular complexity index is 667. The standard InChI is InChI=1S/C13H18N4O3S/c1-9-3-2-4-13(7-9,8-18)15-10-11(17(19)20)16-5-6-21-12(16)14-10/h5-6,9,15,18H,2-4,7-8H2,1H3. The van der Waals surface area contributed by atoms with Crippen LogP contribution < -0.4 is 5.32 Å². The number of aromatic nitrogens is 2. The molecule has 1 fully saturated rings. The molecule has 2 aromatic heterocycles. The molecule has 0 aromatic carbocycles. The number of rotatable bonds is 4. The van der Waals surface area contributed by atoms with E-state index in [1.807, 2.05) is 0 Å². The molecule has 3 rings (SSSR count). The molecule has 114 valence electrons. The number of aliphatic hydroxyl groups is 1. The monoisotopic (exact) mass is 310 g/mol. The maximum absolute atomic E-state index is 11.3. The van der Waals surface area contributed by atoms with E-state index in [9.17, 15) is 15.2 Å². The summed E-state index contributed by atoms with van der Waals surface area (Å²) in [5.41, 5.74) is -0.507. The third kappa shape index (κ3) is 2.49. The van der Waals surface area contributed by atoms with Gasteiger partial charge in [-0.2, -0.15) is 9.38 Å². The van der Waals surface area contributed by atoms with Crippen molar-refractivity contribution in [3.63, 3.8) is 0 Å². The third-order valence-corrected chi connectivity index (χ3v) is 4.94. The second kappa shape index (κ2) is 5.27. The lowest BCUT2D eigenvalue weighted by Crippen LogP contribution is -2.46. The Morgan fingerprint density at radius 1 is 1.71 bits per heavy atom. The van der Waals surface area contributed by atoms with Crippen molar-refractivity contribution in [3.8, 4) is 0 Å². The smallest absolute Gasteiger partial charge is 0.372 e. The van der Waals surface area contributed by atoms with Gasteiger partial charge in [-0.3, -0.25) is 0 Å². The van der Waals surface area contributed by atoms with Crippen molar-refractivity contribution in [2.75, 3.05) is 11.9 Å². The summed E-state index contributed by atoms with van der Waals surface area (Å²) in [6, 6.07) is 0. The normalized spacial score (nSPS) is 26.1. The van der Waals surface area contributed by atoms with Crippen LogP contribution in [0.15, 0.2) is 11.6 Å². The van der Waals surface area contributed by atoms with Crippen LogP contribution in [-0.4, -0.2) is 31.6 Å². The molecule has 0 amide bonds. The van der Waals surface area contributed by atoms with Gasteiger partial charge in [0.05, 0.1) is 12.1 Å². The summed E-state index contributed by atoms with van der Waals surface area (Å²) >= 11 is 1.35. The summed E-state index contributed by atoms with van der Waals surface area (Å²) < 4.78 is 1.48. The maximum Gasteiger partial charge on any atom is 0.372 e. The highest BCUT2D eigenvalue weighted by Crippen LogP contribution is 2.37. The first kappa shape index (κ1) is 14.3. The van der Waals surface area contributed by atoms with Crippen molar-refractivity contribution in [1.29, 1.82) is 0 Å². The van der Waals surface area contributed by atoms with Crippen LogP contribution in [0, 0.1) is 16.0 Å². The number of imidazole rings is 1. The summed E-state index contributed by atoms with van der Waals surface area (Å²) in [5.74, 6) is 0.688. The largest absolute Gasteiger partial charge is 0.394 e. The molecular weight excluding hydrogens is 292 g/mol. The Kier molecular flexibility index (Phi) is 3.58. The van der Waals surface area contributed by atoms with Crippen LogP contribution in [0.1, 0.15) is 32.6 Å². The average molecular weight is 310 g/mol. The maximum atomic E-state index is 11.3. The predicted molar refractivity (Wildman–Crippen MR) is 80.8 cm³/mol. The van der Waals surface area contributed by atoms with Gasteiger partial charge in [-0.05, 0) is 23.7 Å². The number of anilines is 1. The van der Waals surface area contributed by atoms with Gasteiger partial charge >= 0.3 is 5.82 Å². The number of hydrogen-bond donors (Lipinski definition) is 2. The molecule has 1 aliphatic carbocycles. The van der Waals surface area contributed by atoms with Crippen LogP contribution in [0.3, 0.4) is 0 Å². The molecule has 0 saturated heterocycles. The average Bonchev–Trinajstić information content (AvgIpc) is 2.98. The summed E-state index contributed by atoms with van der Waals surface area (Å²) in [6.45, 7) is 2.10. The molecule has 2 atom stereocenters. The van der Waals surface area contributed by atoms with Crippen LogP contribution in [0.4, 0.5) is 11.6 Å². The van der Waals surface area contributed by atoms with Gasteiger partial charge in [0.15, 0.2) is 0 Å². The van der Waals surface area contributed by atoms with Gasteiger partial charge in [-0.15, -0.1) is 0 Å². The predicted octanol–water partition coefficient (Wildman–Crippen LogP) is 2.66. The second-order valence-corrected chi connectivity index (χ2v) is 6.73. The summed E-state index contributed by atoms with van der Waals surface area (Å²) in [7, 11) is 0. The van der Waals surface area contributed by atoms with E-state index in [2.05, 4.69) is 17.2 Å². The highest BCUT2D eigenvalue weighted by Gasteiger charge is 2.37. The Hall–Kier alpha value is -1.67. The fourth-order valence-electron chi connectivity index (χ4n) is 3.24. The van der Waals surface area contributed by atoms with Crippen molar-refractivity contribution < 1.29 is 10.0 Å². The number of nitrogens with zero attached hydrogens (tertiary/aromatic N) is 3. The van der Waals surface area contributed by atoms with Crippen LogP contribution >= 0.6 is 11.3 Å². The SMILES string of the molecule is CC1CCCC(CO)(Nc2nc3sccn3c2[N+](=O)[O-])C1. The van der Waals surface area contributed by atoms with E-state index in [0.29, 0.717) is 10.9 Å². The summed E-state index contributed by atoms with van der Waals surface area (Å²) in [6.07, 6.45) is 5.38. The fraction of sp³-hybridized carbons (Fsp3) is 0.615. The Morgan fingerprint density at radius 2 is 2.52 bits per heavy atom. The molecular formula is C13H18N4O3S. The van der Waals surface area contributed by atoms with E-state index in [-0.39, 0.29) is 18.2 Å². The van der Waals surface area contributed by atoms with Crippen LogP contribution in [0.2, 0.25) is 0 Å². The van der Waals surface area contributed by atoms with Crippen molar-refractivity contribution in [2.24, 2.45) is 5.92 Å². The van der Waals surface area contributed by atoms with E-state index < -0.39 is 10.5 Å². The minimum atomic E-state index is -0.507. The first-order chi connectivity index (χ1) is 10.0. The van der Waals surface area contributed by atoms with Gasteiger partial charge in [-0.1, -0.05) is 31.1 Å². The molecule has 2 unspecified atom stereocenters. The minimum Gasteiger partial charge on any atom is -0.394 e. The second-order valence-electron chi connectivity index (χ2n) is 5.86. The lowest BCUT2D eigenvalue weighted by atomic mass is 9.77. The van der Waals surface area contributed by atoms with E-state index in [1.165, 1.54) is 15.7 Å². The van der Waals surface area contributed by atoms with Gasteiger partial charge in [0.1, 0.15) is 6.20 Å². The summed E-state index contributed by atoms with van der Waals surface area (Å²) in [4.78, 5) is 15.8. The van der Waals surface area contributed by atoms with E-state index in [4.69, 9.17) is 0 Å². The van der Waals surface area contributed by atoms with Crippen LogP contribution in [0.5, 0.6) is 0 Å². The highest BCUT2D eigenvalue weighted by atomic mass is 32.1. The van der Waals surface area contributed by atoms with Crippen molar-refractivity contribution in [3.05, 3.63) is 21.7 Å². The Labute approximate surface area is 125 Å². The Morgan fingerprint density at radius 3 is 3.19 bits per heavy atom. The Balaban J connectivity index is 1.98. The molecule has 1 aliphatic rings. The fourth-order valence-corrected chi connectivity index (χ4v) is 3.95. The third-order valence-electron chi connectivity index (χ3n) is 4.19. The van der Waals surface area contributed by atoms with Gasteiger partial charge in [0, 0.05) is 5.38 Å². The molecule has 2 heterocycles. The molecule has 2 aromatic rings. The van der Waals surface area contributed by atoms with Gasteiger partial charge in [0.25, 0.3) is 4.96 Å². The zero-order valence-corrected chi connectivity index (χ0v) is 12.6. The quantitative estimate of drug-likeness (QED) is 0.669. The zero-order valence-electron chi connectivity index (χ0n) is 11.8. The number of hydrogen-bond acceptors (Lipinski definition) is 6. The van der Waals surface area contributed by atoms with Gasteiger partial charge in [0.2, 0.25) is 5.82 Å². The van der Waals surface area contributed by atoms with Crippen molar-refractivity contribution >= 4 is 27.9 Å². The lowest BCUT2D eigenvalue weighted by molar-refractivity contribution is -0.389. The zero-order chi connectivity index (χ0) is 15.0. The number of thiazole rings is 1. The van der Waals surface area contributed by atoms with Crippen LogP contribution in [0.25, 0.3) is 4.96 Å². The number of nitrogens with one attached hydrogen (secondary N) is 1. The molecule has 2 N–H and O–H groups in total. The molecule has 8 heteroatoms. The minimum absolute atomic E-state index is 0.0420. The van der Waals surface area contributed by atoms with Crippen molar-refractivity contribution in [1.82, 2.24) is 9.38 Å². The lowest BCUT2D eigenvalue weighted by Gasteiger charge is -2.39. The van der Waals surface area contributed by atoms with E-state index >= 15 is 0 Å². The molecule has 0 aliphatic heterocycles. The summed E-state index contributed by atoms with van der Waals surface area (Å²) in [5, 5.41) is 26.1. The van der Waals surface area contributed by atoms with Gasteiger partial charge in [-0.25, -0.2) is 0 Å². The topological polar surface area (TPSA) is 92.7 Å². The van der Waals surface area contributed by atoms with Gasteiger partial charge < -0.3 is 20.5 Å². The molecule has 7 nitrogen and oxygen atoms in total. The van der Waals surface area contributed by atoms with E-state index in [1.54, 1.807) is 11.6 Å².